The number of benzene rings is 3. The highest BCUT2D eigenvalue weighted by Gasteiger charge is 2.52. The Morgan fingerprint density at radius 2 is 1.36 bits per heavy atom. The third-order valence-electron chi connectivity index (χ3n) is 14.0. The molecular formula is C48H56N8O8. The molecule has 2 bridgehead atoms. The molecule has 16 heteroatoms. The molecule has 2 aliphatic carbocycles. The average molecular weight is 873 g/mol. The zero-order valence-corrected chi connectivity index (χ0v) is 37.1. The topological polar surface area (TPSA) is 193 Å². The minimum Gasteiger partial charge on any atom is -0.453 e. The van der Waals surface area contributed by atoms with E-state index in [-0.39, 0.29) is 35.9 Å². The smallest absolute Gasteiger partial charge is 0.407 e. The summed E-state index contributed by atoms with van der Waals surface area (Å²) >= 11 is 0. The zero-order chi connectivity index (χ0) is 44.8. The predicted molar refractivity (Wildman–Crippen MR) is 238 cm³/mol. The molecule has 2 aromatic heterocycles. The standard InChI is InChI=1S/C48H56N8O8/c1-25(61-3)40(53-47(59)63-5)45(57)55-19-7-8-39(55)43-49-24-38(52-43)31-13-17-35-30(21-31)10-9-29-20-27(12-16-34(29)35)28-14-18-36-37(23-28)51-44(50-36)42-32-11-15-33(22-32)56(42)46(58)41(26(2)62-4)54-48(60)64-6/h12-14,16-18,20-21,23-26,32-33,39-42H,7-11,15,19,22H2,1-6H3,(H,49,52)(H,50,51)(H,53,59)(H,54,60)/t25-,26-,32+,33-,39+,40+,41-,42+/m1/s1. The van der Waals surface area contributed by atoms with Crippen molar-refractivity contribution in [3.8, 4) is 33.5 Å². The van der Waals surface area contributed by atoms with Crippen molar-refractivity contribution in [2.45, 2.75) is 101 Å². The number of fused-ring (bicyclic) bond motifs is 6. The van der Waals surface area contributed by atoms with Crippen LogP contribution in [0, 0.1) is 5.92 Å². The van der Waals surface area contributed by atoms with Crippen LogP contribution in [0.1, 0.15) is 80.8 Å². The number of piperidine rings is 1. The summed E-state index contributed by atoms with van der Waals surface area (Å²) < 4.78 is 20.6. The van der Waals surface area contributed by atoms with Crippen molar-refractivity contribution in [2.75, 3.05) is 35.0 Å². The van der Waals surface area contributed by atoms with Gasteiger partial charge in [0.1, 0.15) is 23.7 Å². The largest absolute Gasteiger partial charge is 0.453 e. The molecule has 1 saturated carbocycles. The van der Waals surface area contributed by atoms with Gasteiger partial charge in [-0.25, -0.2) is 19.6 Å². The summed E-state index contributed by atoms with van der Waals surface area (Å²) in [6.07, 6.45) is 5.54. The molecule has 2 aliphatic heterocycles. The molecule has 8 atom stereocenters. The van der Waals surface area contributed by atoms with Crippen molar-refractivity contribution in [2.24, 2.45) is 5.92 Å². The van der Waals surface area contributed by atoms with Gasteiger partial charge in [-0.3, -0.25) is 9.59 Å². The van der Waals surface area contributed by atoms with Gasteiger partial charge in [-0.2, -0.15) is 0 Å². The fourth-order valence-corrected chi connectivity index (χ4v) is 10.5. The number of amides is 4. The number of likely N-dealkylation sites (tertiary alicyclic amines) is 2. The van der Waals surface area contributed by atoms with E-state index < -0.39 is 36.5 Å². The molecule has 4 N–H and O–H groups in total. The Morgan fingerprint density at radius 3 is 2.03 bits per heavy atom. The summed E-state index contributed by atoms with van der Waals surface area (Å²) in [6, 6.07) is 17.3. The van der Waals surface area contributed by atoms with Crippen molar-refractivity contribution >= 4 is 35.0 Å². The number of carbonyl (C=O) groups excluding carboxylic acids is 4. The third-order valence-corrected chi connectivity index (χ3v) is 14.0. The van der Waals surface area contributed by atoms with E-state index in [2.05, 4.69) is 69.1 Å². The van der Waals surface area contributed by atoms with E-state index in [1.165, 1.54) is 50.7 Å². The number of nitrogens with zero attached hydrogens (tertiary/aromatic N) is 4. The number of aromatic amines is 2. The molecule has 4 aliphatic rings. The van der Waals surface area contributed by atoms with E-state index in [9.17, 15) is 19.2 Å². The second-order valence-corrected chi connectivity index (χ2v) is 17.5. The minimum absolute atomic E-state index is 0.0682. The quantitative estimate of drug-likeness (QED) is 0.106. The zero-order valence-electron chi connectivity index (χ0n) is 37.1. The second-order valence-electron chi connectivity index (χ2n) is 17.5. The molecule has 64 heavy (non-hydrogen) atoms. The van der Waals surface area contributed by atoms with E-state index in [0.717, 1.165) is 84.2 Å². The number of aryl methyl sites for hydroxylation is 2. The highest BCUT2D eigenvalue weighted by molar-refractivity contribution is 5.89. The van der Waals surface area contributed by atoms with Gasteiger partial charge in [0.25, 0.3) is 0 Å². The Labute approximate surface area is 371 Å². The number of methoxy groups -OCH3 is 4. The normalized spacial score (nSPS) is 21.8. The number of hydrogen-bond acceptors (Lipinski definition) is 10. The molecular weight excluding hydrogens is 817 g/mol. The van der Waals surface area contributed by atoms with Crippen LogP contribution in [0.3, 0.4) is 0 Å². The molecule has 0 spiro atoms. The van der Waals surface area contributed by atoms with Crippen LogP contribution in [-0.4, -0.2) is 119 Å². The number of imidazole rings is 2. The number of rotatable bonds is 12. The van der Waals surface area contributed by atoms with Crippen molar-refractivity contribution in [3.05, 3.63) is 83.6 Å². The molecule has 0 radical (unpaired) electrons. The average Bonchev–Trinajstić information content (AvgIpc) is 4.19. The molecule has 4 amide bonds. The molecule has 3 fully saturated rings. The summed E-state index contributed by atoms with van der Waals surface area (Å²) in [4.78, 5) is 72.8. The maximum atomic E-state index is 14.2. The number of hydrogen-bond donors (Lipinski definition) is 4. The maximum absolute atomic E-state index is 14.2. The maximum Gasteiger partial charge on any atom is 0.407 e. The first-order valence-electron chi connectivity index (χ1n) is 22.2. The first kappa shape index (κ1) is 43.0. The van der Waals surface area contributed by atoms with Gasteiger partial charge < -0.3 is 49.3 Å². The lowest BCUT2D eigenvalue weighted by Crippen LogP contribution is -2.56. The van der Waals surface area contributed by atoms with Crippen LogP contribution < -0.4 is 10.6 Å². The Kier molecular flexibility index (Phi) is 11.9. The van der Waals surface area contributed by atoms with Crippen LogP contribution in [-0.2, 0) is 41.4 Å². The summed E-state index contributed by atoms with van der Waals surface area (Å²) in [5.74, 6) is 1.31. The Balaban J connectivity index is 0.919. The number of alkyl carbamates (subject to hydrolysis) is 2. The number of ether oxygens (including phenoxy) is 4. The molecule has 9 rings (SSSR count). The first-order chi connectivity index (χ1) is 31.0. The van der Waals surface area contributed by atoms with Crippen molar-refractivity contribution in [3.63, 3.8) is 0 Å². The molecule has 0 unspecified atom stereocenters. The number of H-pyrrole nitrogens is 2. The molecule has 5 aromatic rings. The van der Waals surface area contributed by atoms with E-state index in [1.54, 1.807) is 18.7 Å². The van der Waals surface area contributed by atoms with Gasteiger partial charge in [-0.15, -0.1) is 0 Å². The lowest BCUT2D eigenvalue weighted by atomic mass is 9.83. The molecule has 336 valence electrons. The van der Waals surface area contributed by atoms with E-state index >= 15 is 0 Å². The summed E-state index contributed by atoms with van der Waals surface area (Å²) in [5.41, 5.74) is 10.8. The van der Waals surface area contributed by atoms with Crippen molar-refractivity contribution in [1.29, 1.82) is 0 Å². The monoisotopic (exact) mass is 872 g/mol. The van der Waals surface area contributed by atoms with Gasteiger partial charge in [0.15, 0.2) is 0 Å². The Hall–Kier alpha value is -6.26. The summed E-state index contributed by atoms with van der Waals surface area (Å²) in [6.45, 7) is 4.06. The van der Waals surface area contributed by atoms with Gasteiger partial charge in [-0.05, 0) is 122 Å². The number of aromatic nitrogens is 4. The Bertz CT molecular complexity index is 2590. The van der Waals surface area contributed by atoms with Crippen LogP contribution in [0.4, 0.5) is 9.59 Å². The molecule has 2 saturated heterocycles. The van der Waals surface area contributed by atoms with Crippen LogP contribution in [0.25, 0.3) is 44.5 Å². The third kappa shape index (κ3) is 7.86. The first-order valence-corrected chi connectivity index (χ1v) is 22.2. The fourth-order valence-electron chi connectivity index (χ4n) is 10.5. The van der Waals surface area contributed by atoms with E-state index in [4.69, 9.17) is 28.9 Å². The fraction of sp³-hybridized carbons (Fsp3) is 0.458. The van der Waals surface area contributed by atoms with Gasteiger partial charge in [-0.1, -0.05) is 36.4 Å². The number of nitrogens with one attached hydrogen (secondary N) is 4. The SMILES string of the molecule is COC(=O)N[C@H](C(=O)N1CCC[C@H]1c1ncc(-c2ccc3c(c2)CCc2cc(-c4ccc5nc([C@@H]6[C@H]7CC[C@H](C7)N6C(=O)[C@H](NC(=O)OC)[C@@H](C)OC)[nH]c5c4)ccc2-3)[nH]1)[C@@H](C)OC. The van der Waals surface area contributed by atoms with Gasteiger partial charge in [0.05, 0.1) is 61.4 Å². The van der Waals surface area contributed by atoms with Crippen LogP contribution in [0.5, 0.6) is 0 Å². The van der Waals surface area contributed by atoms with Gasteiger partial charge in [0.2, 0.25) is 11.8 Å². The predicted octanol–water partition coefficient (Wildman–Crippen LogP) is 6.62. The Morgan fingerprint density at radius 1 is 0.734 bits per heavy atom. The van der Waals surface area contributed by atoms with Crippen LogP contribution in [0.2, 0.25) is 0 Å². The number of carbonyl (C=O) groups is 4. The molecule has 4 heterocycles. The van der Waals surface area contributed by atoms with Crippen molar-refractivity contribution < 1.29 is 38.1 Å². The minimum atomic E-state index is -0.895. The molecule has 3 aromatic carbocycles. The summed E-state index contributed by atoms with van der Waals surface area (Å²) in [5, 5.41) is 5.35. The van der Waals surface area contributed by atoms with Crippen molar-refractivity contribution in [1.82, 2.24) is 40.4 Å². The second kappa shape index (κ2) is 17.7. The lowest BCUT2D eigenvalue weighted by Gasteiger charge is -2.37. The molecule has 16 nitrogen and oxygen atoms in total. The van der Waals surface area contributed by atoms with E-state index in [0.29, 0.717) is 12.4 Å². The van der Waals surface area contributed by atoms with Crippen LogP contribution in [0.15, 0.2) is 60.8 Å². The van der Waals surface area contributed by atoms with E-state index in [1.807, 2.05) is 17.2 Å². The van der Waals surface area contributed by atoms with Crippen LogP contribution >= 0.6 is 0 Å². The highest BCUT2D eigenvalue weighted by atomic mass is 16.5. The van der Waals surface area contributed by atoms with Gasteiger partial charge in [0, 0.05) is 26.8 Å². The summed E-state index contributed by atoms with van der Waals surface area (Å²) in [7, 11) is 5.58. The van der Waals surface area contributed by atoms with Gasteiger partial charge >= 0.3 is 12.2 Å². The highest BCUT2D eigenvalue weighted by Crippen LogP contribution is 2.50. The lowest BCUT2D eigenvalue weighted by molar-refractivity contribution is -0.141.